The lowest BCUT2D eigenvalue weighted by atomic mass is 9.96. The van der Waals surface area contributed by atoms with E-state index in [0.29, 0.717) is 16.3 Å². The van der Waals surface area contributed by atoms with Gasteiger partial charge in [-0.1, -0.05) is 11.6 Å². The summed E-state index contributed by atoms with van der Waals surface area (Å²) in [6, 6.07) is 5.03. The molecule has 1 unspecified atom stereocenters. The zero-order valence-electron chi connectivity index (χ0n) is 8.29. The maximum absolute atomic E-state index is 12.0. The van der Waals surface area contributed by atoms with E-state index in [1.165, 1.54) is 0 Å². The van der Waals surface area contributed by atoms with Crippen molar-refractivity contribution < 1.29 is 4.79 Å². The SMILES string of the molecule is Nc1cc(Cl)ccc1C(=O)C1CCNC1. The molecule has 0 bridgehead atoms. The van der Waals surface area contributed by atoms with Gasteiger partial charge in [-0.05, 0) is 31.2 Å². The fraction of sp³-hybridized carbons (Fsp3) is 0.364. The molecule has 15 heavy (non-hydrogen) atoms. The Morgan fingerprint density at radius 1 is 1.53 bits per heavy atom. The van der Waals surface area contributed by atoms with Gasteiger partial charge in [-0.2, -0.15) is 0 Å². The molecule has 0 aromatic heterocycles. The smallest absolute Gasteiger partial charge is 0.169 e. The molecule has 4 heteroatoms. The molecule has 1 aromatic rings. The number of hydrogen-bond acceptors (Lipinski definition) is 3. The molecule has 1 atom stereocenters. The van der Waals surface area contributed by atoms with E-state index >= 15 is 0 Å². The van der Waals surface area contributed by atoms with Crippen LogP contribution < -0.4 is 11.1 Å². The molecular weight excluding hydrogens is 212 g/mol. The van der Waals surface area contributed by atoms with Gasteiger partial charge in [0.2, 0.25) is 0 Å². The number of Topliss-reactive ketones (excluding diaryl/α,β-unsaturated/α-hetero) is 1. The van der Waals surface area contributed by atoms with Gasteiger partial charge in [-0.3, -0.25) is 4.79 Å². The largest absolute Gasteiger partial charge is 0.398 e. The van der Waals surface area contributed by atoms with Crippen LogP contribution in [0.25, 0.3) is 0 Å². The van der Waals surface area contributed by atoms with E-state index in [-0.39, 0.29) is 11.7 Å². The summed E-state index contributed by atoms with van der Waals surface area (Å²) in [7, 11) is 0. The average molecular weight is 225 g/mol. The first kappa shape index (κ1) is 10.5. The summed E-state index contributed by atoms with van der Waals surface area (Å²) in [6.07, 6.45) is 0.890. The predicted octanol–water partition coefficient (Wildman–Crippen LogP) is 1.71. The lowest BCUT2D eigenvalue weighted by Crippen LogP contribution is -2.18. The molecule has 3 nitrogen and oxygen atoms in total. The first-order chi connectivity index (χ1) is 7.18. The number of nitrogen functional groups attached to an aromatic ring is 1. The highest BCUT2D eigenvalue weighted by atomic mass is 35.5. The Labute approximate surface area is 93.6 Å². The van der Waals surface area contributed by atoms with E-state index in [1.54, 1.807) is 18.2 Å². The van der Waals surface area contributed by atoms with Crippen molar-refractivity contribution in [3.05, 3.63) is 28.8 Å². The minimum absolute atomic E-state index is 0.0634. The zero-order valence-corrected chi connectivity index (χ0v) is 9.05. The van der Waals surface area contributed by atoms with Gasteiger partial charge >= 0.3 is 0 Å². The van der Waals surface area contributed by atoms with E-state index in [1.807, 2.05) is 0 Å². The molecule has 3 N–H and O–H groups in total. The Balaban J connectivity index is 2.24. The number of carbonyl (C=O) groups is 1. The molecule has 1 heterocycles. The normalized spacial score (nSPS) is 20.5. The topological polar surface area (TPSA) is 55.1 Å². The lowest BCUT2D eigenvalue weighted by Gasteiger charge is -2.09. The second kappa shape index (κ2) is 4.21. The second-order valence-electron chi connectivity index (χ2n) is 3.79. The van der Waals surface area contributed by atoms with Gasteiger partial charge in [0.15, 0.2) is 5.78 Å². The summed E-state index contributed by atoms with van der Waals surface area (Å²) in [5, 5.41) is 3.73. The van der Waals surface area contributed by atoms with Crippen molar-refractivity contribution in [1.82, 2.24) is 5.32 Å². The van der Waals surface area contributed by atoms with Crippen LogP contribution in [0, 0.1) is 5.92 Å². The Hall–Kier alpha value is -1.06. The van der Waals surface area contributed by atoms with Gasteiger partial charge < -0.3 is 11.1 Å². The van der Waals surface area contributed by atoms with E-state index in [9.17, 15) is 4.79 Å². The van der Waals surface area contributed by atoms with Crippen molar-refractivity contribution >= 4 is 23.1 Å². The van der Waals surface area contributed by atoms with E-state index < -0.39 is 0 Å². The van der Waals surface area contributed by atoms with Crippen LogP contribution in [0.5, 0.6) is 0 Å². The first-order valence-corrected chi connectivity index (χ1v) is 5.36. The molecule has 1 saturated heterocycles. The van der Waals surface area contributed by atoms with Crippen molar-refractivity contribution in [3.8, 4) is 0 Å². The number of nitrogens with one attached hydrogen (secondary N) is 1. The summed E-state index contributed by atoms with van der Waals surface area (Å²) in [5.74, 6) is 0.183. The minimum atomic E-state index is 0.0634. The number of hydrogen-bond donors (Lipinski definition) is 2. The lowest BCUT2D eigenvalue weighted by molar-refractivity contribution is 0.0931. The average Bonchev–Trinajstić information content (AvgIpc) is 2.69. The van der Waals surface area contributed by atoms with Crippen molar-refractivity contribution in [2.45, 2.75) is 6.42 Å². The van der Waals surface area contributed by atoms with Gasteiger partial charge in [-0.25, -0.2) is 0 Å². The number of carbonyl (C=O) groups excluding carboxylic acids is 1. The van der Waals surface area contributed by atoms with Crippen LogP contribution in [-0.4, -0.2) is 18.9 Å². The van der Waals surface area contributed by atoms with Gasteiger partial charge in [0.05, 0.1) is 0 Å². The van der Waals surface area contributed by atoms with E-state index in [0.717, 1.165) is 19.5 Å². The molecule has 0 aliphatic carbocycles. The van der Waals surface area contributed by atoms with Crippen LogP contribution in [0.3, 0.4) is 0 Å². The van der Waals surface area contributed by atoms with Crippen molar-refractivity contribution in [3.63, 3.8) is 0 Å². The Morgan fingerprint density at radius 2 is 2.33 bits per heavy atom. The van der Waals surface area contributed by atoms with Crippen LogP contribution in [0.15, 0.2) is 18.2 Å². The number of halogens is 1. The van der Waals surface area contributed by atoms with E-state index in [2.05, 4.69) is 5.32 Å². The van der Waals surface area contributed by atoms with Crippen molar-refractivity contribution in [2.75, 3.05) is 18.8 Å². The number of ketones is 1. The highest BCUT2D eigenvalue weighted by molar-refractivity contribution is 6.31. The Bertz CT molecular complexity index is 386. The van der Waals surface area contributed by atoms with Gasteiger partial charge in [-0.15, -0.1) is 0 Å². The molecule has 0 radical (unpaired) electrons. The molecule has 1 aliphatic heterocycles. The highest BCUT2D eigenvalue weighted by Crippen LogP contribution is 2.23. The predicted molar refractivity (Wildman–Crippen MR) is 61.2 cm³/mol. The second-order valence-corrected chi connectivity index (χ2v) is 4.22. The van der Waals surface area contributed by atoms with Crippen LogP contribution >= 0.6 is 11.6 Å². The Morgan fingerprint density at radius 3 is 2.93 bits per heavy atom. The van der Waals surface area contributed by atoms with Crippen LogP contribution in [-0.2, 0) is 0 Å². The molecule has 80 valence electrons. The summed E-state index contributed by atoms with van der Waals surface area (Å²) in [5.41, 5.74) is 6.83. The highest BCUT2D eigenvalue weighted by Gasteiger charge is 2.24. The third kappa shape index (κ3) is 2.13. The molecule has 2 rings (SSSR count). The standard InChI is InChI=1S/C11H13ClN2O/c12-8-1-2-9(10(13)5-8)11(15)7-3-4-14-6-7/h1-2,5,7,14H,3-4,6,13H2. The number of benzene rings is 1. The van der Waals surface area contributed by atoms with Crippen molar-refractivity contribution in [1.29, 1.82) is 0 Å². The monoisotopic (exact) mass is 224 g/mol. The quantitative estimate of drug-likeness (QED) is 0.594. The van der Waals surface area contributed by atoms with Gasteiger partial charge in [0.25, 0.3) is 0 Å². The van der Waals surface area contributed by atoms with Crippen molar-refractivity contribution in [2.24, 2.45) is 5.92 Å². The fourth-order valence-electron chi connectivity index (χ4n) is 1.86. The molecule has 0 spiro atoms. The molecular formula is C11H13ClN2O. The summed E-state index contributed by atoms with van der Waals surface area (Å²) in [6.45, 7) is 1.66. The van der Waals surface area contributed by atoms with Gasteiger partial charge in [0.1, 0.15) is 0 Å². The molecule has 1 aliphatic rings. The summed E-state index contributed by atoms with van der Waals surface area (Å²) >= 11 is 5.78. The van der Waals surface area contributed by atoms with Crippen LogP contribution in [0.4, 0.5) is 5.69 Å². The van der Waals surface area contributed by atoms with Crippen LogP contribution in [0.2, 0.25) is 5.02 Å². The Kier molecular flexibility index (Phi) is 2.93. The summed E-state index contributed by atoms with van der Waals surface area (Å²) < 4.78 is 0. The fourth-order valence-corrected chi connectivity index (χ4v) is 2.04. The maximum Gasteiger partial charge on any atom is 0.169 e. The zero-order chi connectivity index (χ0) is 10.8. The number of anilines is 1. The first-order valence-electron chi connectivity index (χ1n) is 4.98. The molecule has 0 amide bonds. The third-order valence-electron chi connectivity index (χ3n) is 2.71. The third-order valence-corrected chi connectivity index (χ3v) is 2.95. The summed E-state index contributed by atoms with van der Waals surface area (Å²) in [4.78, 5) is 12.0. The maximum atomic E-state index is 12.0. The molecule has 0 saturated carbocycles. The molecule has 1 fully saturated rings. The number of nitrogens with two attached hydrogens (primary N) is 1. The minimum Gasteiger partial charge on any atom is -0.398 e. The van der Waals surface area contributed by atoms with Crippen LogP contribution in [0.1, 0.15) is 16.8 Å². The van der Waals surface area contributed by atoms with E-state index in [4.69, 9.17) is 17.3 Å². The van der Waals surface area contributed by atoms with Gasteiger partial charge in [0, 0.05) is 28.7 Å². The molecule has 1 aromatic carbocycles. The number of rotatable bonds is 2.